The number of hydrogen-bond acceptors (Lipinski definition) is 5. The van der Waals surface area contributed by atoms with Crippen molar-refractivity contribution in [3.05, 3.63) is 12.2 Å². The van der Waals surface area contributed by atoms with Gasteiger partial charge in [-0.05, 0) is 36.7 Å². The van der Waals surface area contributed by atoms with Crippen LogP contribution in [0, 0.1) is 17.3 Å². The highest BCUT2D eigenvalue weighted by atomic mass is 16.6. The molecule has 0 saturated heterocycles. The second-order valence-corrected chi connectivity index (χ2v) is 7.13. The van der Waals surface area contributed by atoms with Crippen molar-refractivity contribution < 1.29 is 24.5 Å². The van der Waals surface area contributed by atoms with Crippen LogP contribution < -0.4 is 0 Å². The number of rotatable bonds is 2. The van der Waals surface area contributed by atoms with Crippen molar-refractivity contribution in [1.29, 1.82) is 0 Å². The van der Waals surface area contributed by atoms with Crippen molar-refractivity contribution in [2.75, 3.05) is 6.61 Å². The Bertz CT molecular complexity index is 499. The van der Waals surface area contributed by atoms with Gasteiger partial charge in [0.1, 0.15) is 18.5 Å². The molecule has 0 radical (unpaired) electrons. The lowest BCUT2D eigenvalue weighted by Gasteiger charge is -2.48. The maximum absolute atomic E-state index is 12.5. The van der Waals surface area contributed by atoms with E-state index in [1.54, 1.807) is 0 Å². The molecular weight excluding hydrogens is 284 g/mol. The molecule has 0 heterocycles. The topological polar surface area (TPSA) is 83.8 Å². The highest BCUT2D eigenvalue weighted by Crippen LogP contribution is 2.58. The molecule has 5 atom stereocenters. The summed E-state index contributed by atoms with van der Waals surface area (Å²) >= 11 is 0. The normalized spacial score (nSPS) is 41.5. The molecule has 3 aliphatic rings. The third-order valence-electron chi connectivity index (χ3n) is 5.94. The Morgan fingerprint density at radius 1 is 1.41 bits per heavy atom. The van der Waals surface area contributed by atoms with Crippen molar-refractivity contribution in [3.63, 3.8) is 0 Å². The highest BCUT2D eigenvalue weighted by molar-refractivity contribution is 5.85. The molecule has 0 aromatic heterocycles. The highest BCUT2D eigenvalue weighted by Gasteiger charge is 2.57. The fourth-order valence-corrected chi connectivity index (χ4v) is 5.00. The average Bonchev–Trinajstić information content (AvgIpc) is 2.82. The molecular formula is C17H24O5. The van der Waals surface area contributed by atoms with E-state index in [1.165, 1.54) is 0 Å². The van der Waals surface area contributed by atoms with E-state index in [1.807, 2.05) is 0 Å². The molecule has 3 aliphatic carbocycles. The van der Waals surface area contributed by atoms with Gasteiger partial charge in [0.05, 0.1) is 6.10 Å². The molecule has 0 aromatic carbocycles. The summed E-state index contributed by atoms with van der Waals surface area (Å²) in [6.45, 7) is 3.28. The second kappa shape index (κ2) is 5.78. The Morgan fingerprint density at radius 2 is 2.18 bits per heavy atom. The number of ketones is 1. The van der Waals surface area contributed by atoms with Gasteiger partial charge in [0, 0.05) is 24.7 Å². The zero-order chi connectivity index (χ0) is 15.9. The van der Waals surface area contributed by atoms with E-state index in [2.05, 4.69) is 6.58 Å². The molecule has 0 aromatic rings. The molecule has 5 nitrogen and oxygen atoms in total. The summed E-state index contributed by atoms with van der Waals surface area (Å²) in [4.78, 5) is 24.0. The largest absolute Gasteiger partial charge is 0.460 e. The summed E-state index contributed by atoms with van der Waals surface area (Å²) in [5.41, 5.74) is 0.506. The van der Waals surface area contributed by atoms with Crippen LogP contribution in [0.4, 0.5) is 0 Å². The van der Waals surface area contributed by atoms with Gasteiger partial charge in [-0.2, -0.15) is 0 Å². The maximum Gasteiger partial charge on any atom is 0.332 e. The third kappa shape index (κ3) is 2.50. The first-order valence-electron chi connectivity index (χ1n) is 8.15. The number of carbonyl (C=O) groups excluding carboxylic acids is 2. The van der Waals surface area contributed by atoms with Crippen LogP contribution in [0.2, 0.25) is 0 Å². The van der Waals surface area contributed by atoms with Crippen molar-refractivity contribution >= 4 is 11.8 Å². The van der Waals surface area contributed by atoms with E-state index < -0.39 is 24.8 Å². The lowest BCUT2D eigenvalue weighted by molar-refractivity contribution is -0.162. The molecule has 2 N–H and O–H groups in total. The first-order valence-corrected chi connectivity index (χ1v) is 8.15. The molecule has 122 valence electrons. The lowest BCUT2D eigenvalue weighted by atomic mass is 9.57. The minimum absolute atomic E-state index is 0.0106. The molecule has 2 bridgehead atoms. The van der Waals surface area contributed by atoms with Crippen LogP contribution in [0.25, 0.3) is 0 Å². The van der Waals surface area contributed by atoms with Crippen LogP contribution in [-0.2, 0) is 14.3 Å². The zero-order valence-corrected chi connectivity index (χ0v) is 12.8. The summed E-state index contributed by atoms with van der Waals surface area (Å²) < 4.78 is 5.42. The summed E-state index contributed by atoms with van der Waals surface area (Å²) in [5, 5.41) is 19.4. The van der Waals surface area contributed by atoms with Gasteiger partial charge < -0.3 is 14.9 Å². The maximum atomic E-state index is 12.5. The summed E-state index contributed by atoms with van der Waals surface area (Å²) in [7, 11) is 0. The monoisotopic (exact) mass is 308 g/mol. The molecule has 22 heavy (non-hydrogen) atoms. The number of carbonyl (C=O) groups is 2. The van der Waals surface area contributed by atoms with Crippen LogP contribution in [0.3, 0.4) is 0 Å². The molecule has 3 rings (SSSR count). The van der Waals surface area contributed by atoms with Gasteiger partial charge in [0.2, 0.25) is 0 Å². The number of Topliss-reactive ketones (excluding diaryl/α,β-unsaturated/α-hetero) is 1. The molecule has 0 spiro atoms. The molecule has 3 unspecified atom stereocenters. The Labute approximate surface area is 130 Å². The smallest absolute Gasteiger partial charge is 0.332 e. The van der Waals surface area contributed by atoms with E-state index in [0.717, 1.165) is 25.7 Å². The lowest BCUT2D eigenvalue weighted by Crippen LogP contribution is -2.48. The number of esters is 1. The minimum atomic E-state index is -0.672. The van der Waals surface area contributed by atoms with Crippen molar-refractivity contribution in [2.24, 2.45) is 17.3 Å². The van der Waals surface area contributed by atoms with E-state index in [9.17, 15) is 14.7 Å². The quantitative estimate of drug-likeness (QED) is 0.594. The molecule has 3 fully saturated rings. The SMILES string of the molecule is C=C1C[C@@H](OC(=O)CO)C2CCCC3(CCC(=O)C23)C[C@@H]1O. The van der Waals surface area contributed by atoms with Gasteiger partial charge >= 0.3 is 5.97 Å². The predicted octanol–water partition coefficient (Wildman–Crippen LogP) is 1.37. The Kier molecular flexibility index (Phi) is 4.12. The minimum Gasteiger partial charge on any atom is -0.460 e. The molecule has 3 saturated carbocycles. The van der Waals surface area contributed by atoms with E-state index in [-0.39, 0.29) is 23.0 Å². The van der Waals surface area contributed by atoms with Crippen molar-refractivity contribution in [2.45, 2.75) is 57.2 Å². The first-order chi connectivity index (χ1) is 10.5. The van der Waals surface area contributed by atoms with Crippen LogP contribution in [-0.4, -0.2) is 40.8 Å². The van der Waals surface area contributed by atoms with Crippen LogP contribution in [0.15, 0.2) is 12.2 Å². The van der Waals surface area contributed by atoms with Gasteiger partial charge in [-0.1, -0.05) is 13.0 Å². The summed E-state index contributed by atoms with van der Waals surface area (Å²) in [6, 6.07) is 0. The number of hydrogen-bond donors (Lipinski definition) is 2. The molecule has 0 amide bonds. The fourth-order valence-electron chi connectivity index (χ4n) is 5.00. The average molecular weight is 308 g/mol. The Morgan fingerprint density at radius 3 is 2.91 bits per heavy atom. The fraction of sp³-hybridized carbons (Fsp3) is 0.765. The van der Waals surface area contributed by atoms with Crippen LogP contribution >= 0.6 is 0 Å². The standard InChI is InChI=1S/C17H24O5/c1-10-7-14(22-15(21)9-18)11-3-2-5-17(8-13(10)20)6-4-12(19)16(11)17/h11,13-14,16,18,20H,1-9H2/t11?,13-,14+,16?,17?/m0/s1. The van der Waals surface area contributed by atoms with Crippen molar-refractivity contribution in [3.8, 4) is 0 Å². The Balaban J connectivity index is 1.96. The van der Waals surface area contributed by atoms with Gasteiger partial charge in [-0.3, -0.25) is 4.79 Å². The van der Waals surface area contributed by atoms with E-state index in [0.29, 0.717) is 24.8 Å². The van der Waals surface area contributed by atoms with Crippen LogP contribution in [0.1, 0.15) is 44.9 Å². The van der Waals surface area contributed by atoms with Gasteiger partial charge in [-0.15, -0.1) is 0 Å². The Hall–Kier alpha value is -1.20. The van der Waals surface area contributed by atoms with Gasteiger partial charge in [0.15, 0.2) is 0 Å². The predicted molar refractivity (Wildman–Crippen MR) is 78.9 cm³/mol. The molecule has 5 heteroatoms. The van der Waals surface area contributed by atoms with E-state index >= 15 is 0 Å². The third-order valence-corrected chi connectivity index (χ3v) is 5.94. The van der Waals surface area contributed by atoms with Crippen LogP contribution in [0.5, 0.6) is 0 Å². The first kappa shape index (κ1) is 15.7. The zero-order valence-electron chi connectivity index (χ0n) is 12.8. The number of aliphatic hydroxyl groups is 2. The van der Waals surface area contributed by atoms with E-state index in [4.69, 9.17) is 9.84 Å². The summed E-state index contributed by atoms with van der Waals surface area (Å²) in [5.74, 6) is -0.562. The van der Waals surface area contributed by atoms with Gasteiger partial charge in [-0.25, -0.2) is 4.79 Å². The van der Waals surface area contributed by atoms with Gasteiger partial charge in [0.25, 0.3) is 0 Å². The van der Waals surface area contributed by atoms with Crippen molar-refractivity contribution in [1.82, 2.24) is 0 Å². The number of ether oxygens (including phenoxy) is 1. The summed E-state index contributed by atoms with van der Waals surface area (Å²) in [6.07, 6.45) is 4.02. The molecule has 0 aliphatic heterocycles. The number of aliphatic hydroxyl groups excluding tert-OH is 2. The second-order valence-electron chi connectivity index (χ2n) is 7.13.